The van der Waals surface area contributed by atoms with E-state index in [-0.39, 0.29) is 5.75 Å². The number of hydrazone groups is 1. The maximum Gasteiger partial charge on any atom is 0.484 e. The van der Waals surface area contributed by atoms with Gasteiger partial charge < -0.3 is 9.76 Å². The van der Waals surface area contributed by atoms with Gasteiger partial charge in [-0.15, -0.1) is 11.3 Å². The molecule has 0 radical (unpaired) electrons. The van der Waals surface area contributed by atoms with Gasteiger partial charge in [0.1, 0.15) is 0 Å². The van der Waals surface area contributed by atoms with E-state index in [2.05, 4.69) is 5.10 Å². The van der Waals surface area contributed by atoms with Crippen molar-refractivity contribution in [2.75, 3.05) is 38.6 Å². The number of hydrogen-bond acceptors (Lipinski definition) is 7. The lowest BCUT2D eigenvalue weighted by molar-refractivity contribution is 0.0407. The summed E-state index contributed by atoms with van der Waals surface area (Å²) in [5.41, 5.74) is 0.588. The topological polar surface area (TPSA) is 82.4 Å². The number of thiophene rings is 1. The molecule has 0 bridgehead atoms. The summed E-state index contributed by atoms with van der Waals surface area (Å²) in [6.07, 6.45) is 1.49. The minimum atomic E-state index is -3.64. The van der Waals surface area contributed by atoms with Crippen molar-refractivity contribution in [2.45, 2.75) is 0 Å². The molecule has 0 atom stereocenters. The van der Waals surface area contributed by atoms with Crippen LogP contribution in [0.2, 0.25) is 0 Å². The normalized spacial score (nSPS) is 19.9. The summed E-state index contributed by atoms with van der Waals surface area (Å²) >= 11 is 1.42. The van der Waals surface area contributed by atoms with E-state index in [1.807, 2.05) is 10.3 Å². The fourth-order valence-corrected chi connectivity index (χ4v) is 4.39. The highest BCUT2D eigenvalue weighted by atomic mass is 32.2. The van der Waals surface area contributed by atoms with Crippen LogP contribution >= 0.6 is 11.3 Å². The Labute approximate surface area is 128 Å². The van der Waals surface area contributed by atoms with E-state index in [9.17, 15) is 13.4 Å². The summed E-state index contributed by atoms with van der Waals surface area (Å²) in [5, 5.41) is 15.9. The molecule has 114 valence electrons. The molecule has 2 aliphatic heterocycles. The largest absolute Gasteiger partial charge is 0.484 e. The molecule has 0 spiro atoms. The van der Waals surface area contributed by atoms with E-state index in [4.69, 9.17) is 4.74 Å². The van der Waals surface area contributed by atoms with Crippen LogP contribution in [0.25, 0.3) is 0 Å². The van der Waals surface area contributed by atoms with Crippen LogP contribution in [-0.2, 0) is 14.8 Å². The highest BCUT2D eigenvalue weighted by Gasteiger charge is 2.37. The van der Waals surface area contributed by atoms with Gasteiger partial charge in [-0.2, -0.15) is 5.10 Å². The standard InChI is InChI=1S/C11H16BN3O4S2/c16-12-10-1-7-20-11(10)9-13-15(12)21(17,18)8-4-14-2-5-19-6-3-14/h1,7,9,16H,2-6,8H2. The van der Waals surface area contributed by atoms with Gasteiger partial charge in [-0.05, 0) is 10.8 Å². The summed E-state index contributed by atoms with van der Waals surface area (Å²) in [6, 6.07) is 1.72. The van der Waals surface area contributed by atoms with Gasteiger partial charge in [0, 0.05) is 24.5 Å². The maximum atomic E-state index is 12.4. The van der Waals surface area contributed by atoms with Crippen molar-refractivity contribution in [3.8, 4) is 0 Å². The fraction of sp³-hybridized carbons (Fsp3) is 0.545. The first-order chi connectivity index (χ1) is 10.1. The molecular weight excluding hydrogens is 313 g/mol. The molecule has 10 heteroatoms. The lowest BCUT2D eigenvalue weighted by Gasteiger charge is -2.28. The van der Waals surface area contributed by atoms with Crippen molar-refractivity contribution in [1.82, 2.24) is 9.23 Å². The number of nitrogens with zero attached hydrogens (tertiary/aromatic N) is 3. The lowest BCUT2D eigenvalue weighted by Crippen LogP contribution is -2.53. The van der Waals surface area contributed by atoms with Crippen LogP contribution < -0.4 is 5.46 Å². The van der Waals surface area contributed by atoms with Gasteiger partial charge in [-0.3, -0.25) is 4.90 Å². The second kappa shape index (κ2) is 6.05. The number of sulfonamides is 1. The average Bonchev–Trinajstić information content (AvgIpc) is 2.96. The molecule has 0 unspecified atom stereocenters. The van der Waals surface area contributed by atoms with Crippen LogP contribution in [0.1, 0.15) is 4.88 Å². The lowest BCUT2D eigenvalue weighted by atomic mass is 9.75. The first kappa shape index (κ1) is 15.0. The molecule has 2 aliphatic rings. The Morgan fingerprint density at radius 1 is 1.43 bits per heavy atom. The summed E-state index contributed by atoms with van der Waals surface area (Å²) < 4.78 is 30.8. The maximum absolute atomic E-state index is 12.4. The van der Waals surface area contributed by atoms with Crippen LogP contribution in [0.5, 0.6) is 0 Å². The predicted molar refractivity (Wildman–Crippen MR) is 82.4 cm³/mol. The molecular formula is C11H16BN3O4S2. The smallest absolute Gasteiger partial charge is 0.427 e. The molecule has 1 fully saturated rings. The second-order valence-electron chi connectivity index (χ2n) is 4.90. The number of hydrogen-bond donors (Lipinski definition) is 1. The molecule has 0 saturated carbocycles. The third kappa shape index (κ3) is 3.14. The van der Waals surface area contributed by atoms with Gasteiger partial charge in [0.05, 0.1) is 25.2 Å². The van der Waals surface area contributed by atoms with Gasteiger partial charge >= 0.3 is 7.05 Å². The van der Waals surface area contributed by atoms with Crippen LogP contribution in [0.15, 0.2) is 16.5 Å². The van der Waals surface area contributed by atoms with Crippen molar-refractivity contribution in [3.05, 3.63) is 16.3 Å². The Bertz CT molecular complexity index is 627. The Morgan fingerprint density at radius 3 is 2.95 bits per heavy atom. The van der Waals surface area contributed by atoms with E-state index >= 15 is 0 Å². The van der Waals surface area contributed by atoms with Crippen LogP contribution in [0, 0.1) is 0 Å². The third-order valence-electron chi connectivity index (χ3n) is 3.56. The molecule has 0 aromatic carbocycles. The minimum Gasteiger partial charge on any atom is -0.427 e. The van der Waals surface area contributed by atoms with E-state index in [0.717, 1.165) is 22.3 Å². The number of fused-ring (bicyclic) bond motifs is 1. The van der Waals surface area contributed by atoms with Crippen LogP contribution in [-0.4, -0.2) is 74.5 Å². The third-order valence-corrected chi connectivity index (χ3v) is 5.99. The summed E-state index contributed by atoms with van der Waals surface area (Å²) in [6.45, 7) is 3.14. The molecule has 21 heavy (non-hydrogen) atoms. The van der Waals surface area contributed by atoms with Crippen LogP contribution in [0.4, 0.5) is 0 Å². The molecule has 3 rings (SSSR count). The molecule has 1 saturated heterocycles. The van der Waals surface area contributed by atoms with E-state index in [1.165, 1.54) is 17.6 Å². The van der Waals surface area contributed by atoms with E-state index in [1.54, 1.807) is 6.07 Å². The zero-order valence-corrected chi connectivity index (χ0v) is 13.0. The monoisotopic (exact) mass is 329 g/mol. The van der Waals surface area contributed by atoms with E-state index < -0.39 is 17.1 Å². The van der Waals surface area contributed by atoms with E-state index in [0.29, 0.717) is 25.2 Å². The summed E-state index contributed by atoms with van der Waals surface area (Å²) in [4.78, 5) is 2.83. The zero-order valence-electron chi connectivity index (χ0n) is 11.4. The first-order valence-electron chi connectivity index (χ1n) is 6.69. The zero-order chi connectivity index (χ0) is 14.9. The first-order valence-corrected chi connectivity index (χ1v) is 9.18. The van der Waals surface area contributed by atoms with Crippen LogP contribution in [0.3, 0.4) is 0 Å². The van der Waals surface area contributed by atoms with Gasteiger partial charge in [-0.1, -0.05) is 6.07 Å². The Hall–Kier alpha value is -0.935. The molecule has 1 aromatic heterocycles. The molecule has 1 aromatic rings. The minimum absolute atomic E-state index is 0.0686. The summed E-state index contributed by atoms with van der Waals surface area (Å²) in [5.74, 6) is -0.0686. The number of ether oxygens (including phenoxy) is 1. The highest BCUT2D eigenvalue weighted by molar-refractivity contribution is 7.90. The molecule has 0 amide bonds. The quantitative estimate of drug-likeness (QED) is 0.698. The Kier molecular flexibility index (Phi) is 4.32. The number of morpholine rings is 1. The highest BCUT2D eigenvalue weighted by Crippen LogP contribution is 2.15. The predicted octanol–water partition coefficient (Wildman–Crippen LogP) is -1.25. The molecule has 3 heterocycles. The fourth-order valence-electron chi connectivity index (χ4n) is 2.33. The number of rotatable bonds is 4. The van der Waals surface area contributed by atoms with Crippen molar-refractivity contribution >= 4 is 40.1 Å². The average molecular weight is 329 g/mol. The van der Waals surface area contributed by atoms with Gasteiger partial charge in [-0.25, -0.2) is 12.7 Å². The SMILES string of the molecule is O=S(=O)(CCN1CCOCC1)N1N=Cc2sccc2B1O. The molecule has 1 N–H and O–H groups in total. The van der Waals surface area contributed by atoms with Gasteiger partial charge in [0.15, 0.2) is 0 Å². The van der Waals surface area contributed by atoms with Gasteiger partial charge in [0.2, 0.25) is 10.0 Å². The van der Waals surface area contributed by atoms with Crippen molar-refractivity contribution < 1.29 is 18.2 Å². The summed E-state index contributed by atoms with van der Waals surface area (Å²) in [7, 11) is -4.88. The second-order valence-corrected chi connectivity index (χ2v) is 7.79. The van der Waals surface area contributed by atoms with Crippen molar-refractivity contribution in [3.63, 3.8) is 0 Å². The van der Waals surface area contributed by atoms with Gasteiger partial charge in [0.25, 0.3) is 0 Å². The van der Waals surface area contributed by atoms with Crippen molar-refractivity contribution in [2.24, 2.45) is 5.10 Å². The molecule has 7 nitrogen and oxygen atoms in total. The molecule has 0 aliphatic carbocycles. The van der Waals surface area contributed by atoms with Crippen molar-refractivity contribution in [1.29, 1.82) is 0 Å². The Balaban J connectivity index is 1.67. The Morgan fingerprint density at radius 2 is 2.19 bits per heavy atom.